The van der Waals surface area contributed by atoms with Crippen molar-refractivity contribution in [3.63, 3.8) is 0 Å². The topological polar surface area (TPSA) is 93.7 Å². The highest BCUT2D eigenvalue weighted by atomic mass is 16.6. The predicted octanol–water partition coefficient (Wildman–Crippen LogP) is 3.72. The van der Waals surface area contributed by atoms with Crippen molar-refractivity contribution in [3.05, 3.63) is 71.8 Å². The first-order chi connectivity index (χ1) is 15.0. The highest BCUT2D eigenvalue weighted by molar-refractivity contribution is 5.83. The van der Waals surface area contributed by atoms with Gasteiger partial charge in [-0.3, -0.25) is 4.79 Å². The molecule has 0 spiro atoms. The summed E-state index contributed by atoms with van der Waals surface area (Å²) in [7, 11) is 0. The molecule has 0 aliphatic heterocycles. The molecule has 7 heteroatoms. The van der Waals surface area contributed by atoms with E-state index in [0.29, 0.717) is 0 Å². The molecule has 2 N–H and O–H groups in total. The third kappa shape index (κ3) is 9.33. The van der Waals surface area contributed by atoms with E-state index in [4.69, 9.17) is 9.47 Å². The van der Waals surface area contributed by atoms with Crippen LogP contribution in [0.15, 0.2) is 60.7 Å². The highest BCUT2D eigenvalue weighted by Gasteiger charge is 2.24. The van der Waals surface area contributed by atoms with Gasteiger partial charge in [0.2, 0.25) is 5.91 Å². The molecule has 2 aromatic rings. The van der Waals surface area contributed by atoms with Gasteiger partial charge in [0.25, 0.3) is 0 Å². The molecule has 7 nitrogen and oxygen atoms in total. The number of hydrogen-bond donors (Lipinski definition) is 2. The van der Waals surface area contributed by atoms with E-state index in [1.165, 1.54) is 0 Å². The van der Waals surface area contributed by atoms with Crippen molar-refractivity contribution >= 4 is 18.0 Å². The highest BCUT2D eigenvalue weighted by Crippen LogP contribution is 2.07. The number of ether oxygens (including phenoxy) is 2. The van der Waals surface area contributed by atoms with Crippen molar-refractivity contribution in [2.24, 2.45) is 0 Å². The first-order valence-corrected chi connectivity index (χ1v) is 10.4. The monoisotopic (exact) mass is 426 g/mol. The third-order valence-electron chi connectivity index (χ3n) is 4.69. The quantitative estimate of drug-likeness (QED) is 0.534. The van der Waals surface area contributed by atoms with E-state index in [-0.39, 0.29) is 38.0 Å². The Morgan fingerprint density at radius 3 is 1.94 bits per heavy atom. The fourth-order valence-electron chi connectivity index (χ4n) is 2.71. The summed E-state index contributed by atoms with van der Waals surface area (Å²) < 4.78 is 10.5. The average Bonchev–Trinajstić information content (AvgIpc) is 2.80. The zero-order valence-corrected chi connectivity index (χ0v) is 18.0. The SMILES string of the molecule is CC[C@@H](C)NC(=O)CC[C@H](NC(=O)OCc1ccccc1)C(=O)OCc1ccccc1. The van der Waals surface area contributed by atoms with Crippen LogP contribution in [0.4, 0.5) is 4.79 Å². The van der Waals surface area contributed by atoms with Crippen LogP contribution in [0.2, 0.25) is 0 Å². The van der Waals surface area contributed by atoms with Gasteiger partial charge in [-0.1, -0.05) is 67.6 Å². The lowest BCUT2D eigenvalue weighted by Crippen LogP contribution is -2.43. The Hall–Kier alpha value is -3.35. The molecule has 0 radical (unpaired) electrons. The summed E-state index contributed by atoms with van der Waals surface area (Å²) in [5.41, 5.74) is 1.66. The zero-order chi connectivity index (χ0) is 22.5. The van der Waals surface area contributed by atoms with Gasteiger partial charge >= 0.3 is 12.1 Å². The Morgan fingerprint density at radius 2 is 1.39 bits per heavy atom. The maximum Gasteiger partial charge on any atom is 0.408 e. The molecule has 0 aromatic heterocycles. The summed E-state index contributed by atoms with van der Waals surface area (Å²) in [6, 6.07) is 17.5. The molecule has 0 saturated heterocycles. The minimum Gasteiger partial charge on any atom is -0.459 e. The van der Waals surface area contributed by atoms with Crippen LogP contribution in [0.3, 0.4) is 0 Å². The summed E-state index contributed by atoms with van der Waals surface area (Å²) in [5.74, 6) is -0.800. The van der Waals surface area contributed by atoms with Gasteiger partial charge in [0.05, 0.1) is 0 Å². The van der Waals surface area contributed by atoms with Gasteiger partial charge in [0, 0.05) is 12.5 Å². The number of carbonyl (C=O) groups is 3. The van der Waals surface area contributed by atoms with Crippen LogP contribution in [0, 0.1) is 0 Å². The second kappa shape index (κ2) is 13.1. The zero-order valence-electron chi connectivity index (χ0n) is 18.0. The molecule has 2 atom stereocenters. The maximum atomic E-state index is 12.6. The molecule has 2 aromatic carbocycles. The van der Waals surface area contributed by atoms with Crippen LogP contribution in [-0.4, -0.2) is 30.1 Å². The van der Waals surface area contributed by atoms with Gasteiger partial charge in [-0.25, -0.2) is 9.59 Å². The number of hydrogen-bond acceptors (Lipinski definition) is 5. The van der Waals surface area contributed by atoms with Crippen LogP contribution in [0.1, 0.15) is 44.2 Å². The van der Waals surface area contributed by atoms with Gasteiger partial charge in [-0.15, -0.1) is 0 Å². The molecule has 0 unspecified atom stereocenters. The minimum atomic E-state index is -0.991. The second-order valence-corrected chi connectivity index (χ2v) is 7.27. The Bertz CT molecular complexity index is 826. The lowest BCUT2D eigenvalue weighted by Gasteiger charge is -2.18. The number of rotatable bonds is 11. The average molecular weight is 427 g/mol. The van der Waals surface area contributed by atoms with Crippen LogP contribution >= 0.6 is 0 Å². The second-order valence-electron chi connectivity index (χ2n) is 7.27. The van der Waals surface area contributed by atoms with Gasteiger partial charge in [-0.05, 0) is 30.9 Å². The van der Waals surface area contributed by atoms with Crippen molar-refractivity contribution in [2.75, 3.05) is 0 Å². The fourth-order valence-corrected chi connectivity index (χ4v) is 2.71. The Morgan fingerprint density at radius 1 is 0.839 bits per heavy atom. The van der Waals surface area contributed by atoms with E-state index in [0.717, 1.165) is 17.5 Å². The molecule has 0 aliphatic carbocycles. The summed E-state index contributed by atoms with van der Waals surface area (Å²) in [6.45, 7) is 4.03. The summed E-state index contributed by atoms with van der Waals surface area (Å²) in [5, 5.41) is 5.38. The van der Waals surface area contributed by atoms with Gasteiger partial charge in [0.1, 0.15) is 19.3 Å². The Kier molecular flexibility index (Phi) is 10.1. The van der Waals surface area contributed by atoms with E-state index in [9.17, 15) is 14.4 Å². The number of alkyl carbamates (subject to hydrolysis) is 1. The lowest BCUT2D eigenvalue weighted by molar-refractivity contribution is -0.147. The molecular weight excluding hydrogens is 396 g/mol. The molecule has 0 fully saturated rings. The normalized spacial score (nSPS) is 12.3. The first kappa shape index (κ1) is 23.9. The summed E-state index contributed by atoms with van der Waals surface area (Å²) in [6.07, 6.45) is 0.246. The standard InChI is InChI=1S/C24H30N2O5/c1-3-18(2)25-22(27)15-14-21(23(28)30-16-19-10-6-4-7-11-19)26-24(29)31-17-20-12-8-5-9-13-20/h4-13,18,21H,3,14-17H2,1-2H3,(H,25,27)(H,26,29)/t18-,21+/m1/s1. The summed E-state index contributed by atoms with van der Waals surface area (Å²) >= 11 is 0. The largest absolute Gasteiger partial charge is 0.459 e. The van der Waals surface area contributed by atoms with Crippen LogP contribution in [-0.2, 0) is 32.3 Å². The van der Waals surface area contributed by atoms with E-state index < -0.39 is 18.1 Å². The molecule has 2 rings (SSSR count). The fraction of sp³-hybridized carbons (Fsp3) is 0.375. The van der Waals surface area contributed by atoms with E-state index >= 15 is 0 Å². The molecule has 2 amide bonds. The smallest absolute Gasteiger partial charge is 0.408 e. The number of esters is 1. The number of amides is 2. The third-order valence-corrected chi connectivity index (χ3v) is 4.69. The molecule has 0 aliphatic rings. The van der Waals surface area contributed by atoms with E-state index in [2.05, 4.69) is 10.6 Å². The van der Waals surface area contributed by atoms with Crippen molar-refractivity contribution in [1.29, 1.82) is 0 Å². The number of benzene rings is 2. The van der Waals surface area contributed by atoms with E-state index in [1.54, 1.807) is 0 Å². The van der Waals surface area contributed by atoms with Gasteiger partial charge < -0.3 is 20.1 Å². The van der Waals surface area contributed by atoms with Crippen LogP contribution in [0.25, 0.3) is 0 Å². The van der Waals surface area contributed by atoms with Crippen LogP contribution in [0.5, 0.6) is 0 Å². The van der Waals surface area contributed by atoms with Crippen molar-refractivity contribution in [2.45, 2.75) is 58.4 Å². The maximum absolute atomic E-state index is 12.6. The van der Waals surface area contributed by atoms with Crippen molar-refractivity contribution in [3.8, 4) is 0 Å². The molecule has 0 bridgehead atoms. The van der Waals surface area contributed by atoms with Crippen molar-refractivity contribution in [1.82, 2.24) is 10.6 Å². The Labute approximate surface area is 183 Å². The first-order valence-electron chi connectivity index (χ1n) is 10.4. The lowest BCUT2D eigenvalue weighted by atomic mass is 10.1. The minimum absolute atomic E-state index is 0.0415. The Balaban J connectivity index is 1.92. The van der Waals surface area contributed by atoms with Gasteiger partial charge in [0.15, 0.2) is 0 Å². The molecule has 166 valence electrons. The van der Waals surface area contributed by atoms with Crippen molar-refractivity contribution < 1.29 is 23.9 Å². The van der Waals surface area contributed by atoms with Crippen LogP contribution < -0.4 is 10.6 Å². The molecule has 31 heavy (non-hydrogen) atoms. The summed E-state index contributed by atoms with van der Waals surface area (Å²) in [4.78, 5) is 36.9. The predicted molar refractivity (Wildman–Crippen MR) is 117 cm³/mol. The molecule has 0 saturated carbocycles. The molecule has 0 heterocycles. The van der Waals surface area contributed by atoms with E-state index in [1.807, 2.05) is 74.5 Å². The number of nitrogens with one attached hydrogen (secondary N) is 2. The van der Waals surface area contributed by atoms with Gasteiger partial charge in [-0.2, -0.15) is 0 Å². The number of carbonyl (C=O) groups excluding carboxylic acids is 3. The molecular formula is C24H30N2O5.